The second-order valence-electron chi connectivity index (χ2n) is 11.1. The van der Waals surface area contributed by atoms with Crippen molar-refractivity contribution >= 4 is 11.4 Å². The van der Waals surface area contributed by atoms with Gasteiger partial charge in [0.1, 0.15) is 23.7 Å². The minimum absolute atomic E-state index is 0.422. The van der Waals surface area contributed by atoms with Crippen molar-refractivity contribution in [1.29, 1.82) is 0 Å². The summed E-state index contributed by atoms with van der Waals surface area (Å²) < 4.78 is 61.3. The number of anilines is 2. The van der Waals surface area contributed by atoms with Crippen LogP contribution < -0.4 is 9.80 Å². The first-order valence-electron chi connectivity index (χ1n) is 14.5. The lowest BCUT2D eigenvalue weighted by Gasteiger charge is -2.37. The Hall–Kier alpha value is -4.95. The number of hydrogen-bond acceptors (Lipinski definition) is 9. The number of piperazine rings is 1. The van der Waals surface area contributed by atoms with Gasteiger partial charge in [-0.3, -0.25) is 9.97 Å². The SMILES string of the molecule is C[C@@H](O)c1ccc(N2CCN(c3ccc(-c4ccc(C(F)(F)[C@](O)(Cn5cnnn5)c5ccc(F)cc5F)nc4)cc3)CC2)cn1. The van der Waals surface area contributed by atoms with Crippen LogP contribution in [0, 0.1) is 11.6 Å². The van der Waals surface area contributed by atoms with Crippen molar-refractivity contribution in [3.63, 3.8) is 0 Å². The maximum absolute atomic E-state index is 16.1. The Balaban J connectivity index is 1.17. The van der Waals surface area contributed by atoms with Crippen LogP contribution in [0.4, 0.5) is 28.9 Å². The molecule has 4 heterocycles. The normalized spacial score (nSPS) is 15.9. The number of aliphatic hydroxyl groups excluding tert-OH is 1. The molecule has 46 heavy (non-hydrogen) atoms. The van der Waals surface area contributed by atoms with E-state index in [2.05, 4.69) is 35.3 Å². The highest BCUT2D eigenvalue weighted by molar-refractivity contribution is 5.66. The van der Waals surface area contributed by atoms with Gasteiger partial charge in [0.2, 0.25) is 0 Å². The molecule has 0 unspecified atom stereocenters. The van der Waals surface area contributed by atoms with Gasteiger partial charge < -0.3 is 20.0 Å². The maximum atomic E-state index is 16.1. The largest absolute Gasteiger partial charge is 0.387 e. The van der Waals surface area contributed by atoms with Crippen LogP contribution >= 0.6 is 0 Å². The first-order valence-corrected chi connectivity index (χ1v) is 14.5. The van der Waals surface area contributed by atoms with Crippen LogP contribution in [0.5, 0.6) is 0 Å². The number of tetrazole rings is 1. The zero-order chi connectivity index (χ0) is 32.5. The van der Waals surface area contributed by atoms with Gasteiger partial charge in [0.25, 0.3) is 0 Å². The van der Waals surface area contributed by atoms with Crippen LogP contribution in [0.25, 0.3) is 11.1 Å². The molecule has 238 valence electrons. The van der Waals surface area contributed by atoms with Gasteiger partial charge in [0.05, 0.1) is 30.2 Å². The molecular weight excluding hydrogens is 604 g/mol. The minimum Gasteiger partial charge on any atom is -0.387 e. The lowest BCUT2D eigenvalue weighted by molar-refractivity contribution is -0.207. The number of aliphatic hydroxyl groups is 2. The topological polar surface area (TPSA) is 116 Å². The first kappa shape index (κ1) is 31.0. The summed E-state index contributed by atoms with van der Waals surface area (Å²) >= 11 is 0. The third kappa shape index (κ3) is 6.00. The third-order valence-electron chi connectivity index (χ3n) is 8.17. The molecule has 0 spiro atoms. The van der Waals surface area contributed by atoms with E-state index in [0.29, 0.717) is 17.3 Å². The second-order valence-corrected chi connectivity index (χ2v) is 11.1. The Labute approximate surface area is 261 Å². The fourth-order valence-corrected chi connectivity index (χ4v) is 5.55. The summed E-state index contributed by atoms with van der Waals surface area (Å²) in [5.41, 5.74) is -0.928. The Morgan fingerprint density at radius 2 is 1.50 bits per heavy atom. The predicted molar refractivity (Wildman–Crippen MR) is 161 cm³/mol. The highest BCUT2D eigenvalue weighted by Gasteiger charge is 2.58. The molecular formula is C32H30F4N8O2. The molecule has 2 atom stereocenters. The van der Waals surface area contributed by atoms with Crippen LogP contribution in [-0.4, -0.2) is 66.6 Å². The molecule has 6 rings (SSSR count). The maximum Gasteiger partial charge on any atom is 0.323 e. The number of benzene rings is 2. The molecule has 1 fully saturated rings. The molecule has 14 heteroatoms. The fraction of sp³-hybridized carbons (Fsp3) is 0.281. The summed E-state index contributed by atoms with van der Waals surface area (Å²) in [5, 5.41) is 31.4. The number of alkyl halides is 2. The van der Waals surface area contributed by atoms with Gasteiger partial charge in [0.15, 0.2) is 5.60 Å². The average molecular weight is 635 g/mol. The van der Waals surface area contributed by atoms with Crippen molar-refractivity contribution in [2.45, 2.75) is 31.1 Å². The standard InChI is InChI=1S/C32H30F4N8O2/c1-21(45)29-10-8-26(18-37-29)43-14-12-42(13-15-43)25-6-2-22(3-7-25)23-4-11-30(38-17-23)32(35,36)31(46,19-44-20-39-40-41-44)27-9-5-24(33)16-28(27)34/h2-11,16-18,20-21,45-46H,12-15,19H2,1H3/t21-,31+/m1/s1. The van der Waals surface area contributed by atoms with E-state index in [1.165, 1.54) is 12.3 Å². The second kappa shape index (κ2) is 12.4. The number of rotatable bonds is 9. The molecule has 10 nitrogen and oxygen atoms in total. The molecule has 0 aliphatic carbocycles. The summed E-state index contributed by atoms with van der Waals surface area (Å²) in [6.45, 7) is 3.90. The van der Waals surface area contributed by atoms with Crippen molar-refractivity contribution in [3.8, 4) is 11.1 Å². The van der Waals surface area contributed by atoms with Gasteiger partial charge in [-0.15, -0.1) is 5.10 Å². The molecule has 2 aromatic carbocycles. The Kier molecular flexibility index (Phi) is 8.40. The summed E-state index contributed by atoms with van der Waals surface area (Å²) in [5.74, 6) is -6.48. The molecule has 2 N–H and O–H groups in total. The lowest BCUT2D eigenvalue weighted by atomic mass is 9.84. The van der Waals surface area contributed by atoms with Crippen molar-refractivity contribution in [3.05, 3.63) is 114 Å². The zero-order valence-corrected chi connectivity index (χ0v) is 24.7. The fourth-order valence-electron chi connectivity index (χ4n) is 5.55. The Morgan fingerprint density at radius 1 is 0.826 bits per heavy atom. The molecule has 0 saturated carbocycles. The number of hydrogen-bond donors (Lipinski definition) is 2. The van der Waals surface area contributed by atoms with E-state index in [4.69, 9.17) is 0 Å². The van der Waals surface area contributed by atoms with E-state index in [9.17, 15) is 19.0 Å². The third-order valence-corrected chi connectivity index (χ3v) is 8.17. The minimum atomic E-state index is -4.14. The van der Waals surface area contributed by atoms with Crippen molar-refractivity contribution in [1.82, 2.24) is 30.2 Å². The van der Waals surface area contributed by atoms with Crippen LogP contribution in [0.3, 0.4) is 0 Å². The van der Waals surface area contributed by atoms with Gasteiger partial charge in [-0.05, 0) is 65.4 Å². The molecule has 1 saturated heterocycles. The van der Waals surface area contributed by atoms with Gasteiger partial charge in [-0.1, -0.05) is 18.2 Å². The number of nitrogens with zero attached hydrogens (tertiary/aromatic N) is 8. The van der Waals surface area contributed by atoms with Crippen LogP contribution in [0.1, 0.15) is 30.0 Å². The smallest absolute Gasteiger partial charge is 0.323 e. The Morgan fingerprint density at radius 3 is 2.07 bits per heavy atom. The molecule has 0 radical (unpaired) electrons. The van der Waals surface area contributed by atoms with Crippen molar-refractivity contribution in [2.24, 2.45) is 0 Å². The molecule has 1 aliphatic heterocycles. The van der Waals surface area contributed by atoms with Crippen molar-refractivity contribution in [2.75, 3.05) is 36.0 Å². The van der Waals surface area contributed by atoms with E-state index >= 15 is 8.78 Å². The van der Waals surface area contributed by atoms with Gasteiger partial charge in [0, 0.05) is 55.3 Å². The van der Waals surface area contributed by atoms with Crippen LogP contribution in [0.2, 0.25) is 0 Å². The van der Waals surface area contributed by atoms with E-state index < -0.39 is 47.1 Å². The highest BCUT2D eigenvalue weighted by atomic mass is 19.3. The number of aromatic nitrogens is 6. The zero-order valence-electron chi connectivity index (χ0n) is 24.7. The molecule has 1 aliphatic rings. The summed E-state index contributed by atoms with van der Waals surface area (Å²) in [6, 6.07) is 15.9. The van der Waals surface area contributed by atoms with E-state index in [1.807, 2.05) is 36.4 Å². The first-order chi connectivity index (χ1) is 22.0. The van der Waals surface area contributed by atoms with Crippen molar-refractivity contribution < 1.29 is 27.8 Å². The summed E-state index contributed by atoms with van der Waals surface area (Å²) in [6.07, 6.45) is 3.42. The van der Waals surface area contributed by atoms with Gasteiger partial charge >= 0.3 is 5.92 Å². The van der Waals surface area contributed by atoms with Crippen LogP contribution in [0.15, 0.2) is 85.5 Å². The number of halogens is 4. The number of pyridine rings is 2. The van der Waals surface area contributed by atoms with E-state index in [0.717, 1.165) is 72.3 Å². The van der Waals surface area contributed by atoms with E-state index in [-0.39, 0.29) is 0 Å². The van der Waals surface area contributed by atoms with Crippen LogP contribution in [-0.2, 0) is 18.1 Å². The summed E-state index contributed by atoms with van der Waals surface area (Å²) in [7, 11) is 0. The quantitative estimate of drug-likeness (QED) is 0.227. The Bertz CT molecular complexity index is 1760. The summed E-state index contributed by atoms with van der Waals surface area (Å²) in [4.78, 5) is 12.8. The predicted octanol–water partition coefficient (Wildman–Crippen LogP) is 4.47. The molecule has 5 aromatic rings. The van der Waals surface area contributed by atoms with Gasteiger partial charge in [-0.25, -0.2) is 13.5 Å². The molecule has 0 bridgehead atoms. The monoisotopic (exact) mass is 634 g/mol. The average Bonchev–Trinajstić information content (AvgIpc) is 3.58. The lowest BCUT2D eigenvalue weighted by Crippen LogP contribution is -2.48. The van der Waals surface area contributed by atoms with E-state index in [1.54, 1.807) is 13.1 Å². The highest BCUT2D eigenvalue weighted by Crippen LogP contribution is 2.47. The molecule has 3 aromatic heterocycles. The van der Waals surface area contributed by atoms with Gasteiger partial charge in [-0.2, -0.15) is 8.78 Å². The molecule has 0 amide bonds.